The molecule has 0 spiro atoms. The topological polar surface area (TPSA) is 92.7 Å². The van der Waals surface area contributed by atoms with Gasteiger partial charge in [0.05, 0.1) is 7.11 Å². The summed E-state index contributed by atoms with van der Waals surface area (Å²) in [6.45, 7) is 0. The van der Waals surface area contributed by atoms with Crippen molar-refractivity contribution in [2.75, 3.05) is 7.11 Å². The van der Waals surface area contributed by atoms with Crippen molar-refractivity contribution in [3.8, 4) is 5.75 Å². The fourth-order valence-electron chi connectivity index (χ4n) is 1.93. The number of Topliss-reactive ketones (excluding diaryl/α,β-unsaturated/α-hetero) is 1. The number of carbonyl (C=O) groups excluding carboxylic acids is 2. The lowest BCUT2D eigenvalue weighted by Crippen LogP contribution is -2.42. The SMILES string of the molecule is COc1cccc(C(=O)CC(NC(=O)C2CC2)C(=O)O)c1. The van der Waals surface area contributed by atoms with Crippen LogP contribution in [0.4, 0.5) is 0 Å². The lowest BCUT2D eigenvalue weighted by molar-refractivity contribution is -0.141. The van der Waals surface area contributed by atoms with Crippen LogP contribution in [0.2, 0.25) is 0 Å². The van der Waals surface area contributed by atoms with Crippen molar-refractivity contribution in [3.63, 3.8) is 0 Å². The van der Waals surface area contributed by atoms with Crippen molar-refractivity contribution in [2.45, 2.75) is 25.3 Å². The van der Waals surface area contributed by atoms with E-state index in [-0.39, 0.29) is 24.0 Å². The van der Waals surface area contributed by atoms with Crippen molar-refractivity contribution in [1.29, 1.82) is 0 Å². The zero-order chi connectivity index (χ0) is 15.4. The molecule has 112 valence electrons. The van der Waals surface area contributed by atoms with Crippen LogP contribution >= 0.6 is 0 Å². The summed E-state index contributed by atoms with van der Waals surface area (Å²) in [6.07, 6.45) is 1.28. The lowest BCUT2D eigenvalue weighted by atomic mass is 10.0. The highest BCUT2D eigenvalue weighted by molar-refractivity contribution is 6.00. The summed E-state index contributed by atoms with van der Waals surface area (Å²) in [5.41, 5.74) is 0.362. The zero-order valence-corrected chi connectivity index (χ0v) is 11.7. The van der Waals surface area contributed by atoms with Crippen molar-refractivity contribution < 1.29 is 24.2 Å². The molecule has 0 aromatic heterocycles. The van der Waals surface area contributed by atoms with Crippen LogP contribution in [0.15, 0.2) is 24.3 Å². The minimum absolute atomic E-state index is 0.0984. The van der Waals surface area contributed by atoms with Crippen LogP contribution in [0.25, 0.3) is 0 Å². The fraction of sp³-hybridized carbons (Fsp3) is 0.400. The van der Waals surface area contributed by atoms with E-state index in [0.29, 0.717) is 11.3 Å². The third-order valence-corrected chi connectivity index (χ3v) is 3.34. The number of carboxylic acids is 1. The maximum atomic E-state index is 12.1. The van der Waals surface area contributed by atoms with Gasteiger partial charge in [0.1, 0.15) is 11.8 Å². The number of hydrogen-bond acceptors (Lipinski definition) is 4. The second-order valence-electron chi connectivity index (χ2n) is 5.03. The van der Waals surface area contributed by atoms with Crippen molar-refractivity contribution in [2.24, 2.45) is 5.92 Å². The Morgan fingerprint density at radius 3 is 2.67 bits per heavy atom. The zero-order valence-electron chi connectivity index (χ0n) is 11.7. The predicted octanol–water partition coefficient (Wildman–Crippen LogP) is 1.25. The van der Waals surface area contributed by atoms with Crippen LogP contribution in [0.3, 0.4) is 0 Å². The molecular weight excluding hydrogens is 274 g/mol. The van der Waals surface area contributed by atoms with Gasteiger partial charge in [0.25, 0.3) is 0 Å². The predicted molar refractivity (Wildman–Crippen MR) is 74.2 cm³/mol. The smallest absolute Gasteiger partial charge is 0.326 e. The standard InChI is InChI=1S/C15H17NO5/c1-21-11-4-2-3-10(7-11)13(17)8-12(15(19)20)16-14(18)9-5-6-9/h2-4,7,9,12H,5-6,8H2,1H3,(H,16,18)(H,19,20). The van der Waals surface area contributed by atoms with Crippen LogP contribution in [0, 0.1) is 5.92 Å². The molecule has 1 atom stereocenters. The second-order valence-corrected chi connectivity index (χ2v) is 5.03. The van der Waals surface area contributed by atoms with Gasteiger partial charge in [0.2, 0.25) is 5.91 Å². The lowest BCUT2D eigenvalue weighted by Gasteiger charge is -2.14. The molecule has 1 saturated carbocycles. The molecule has 0 aliphatic heterocycles. The molecule has 2 N–H and O–H groups in total. The largest absolute Gasteiger partial charge is 0.497 e. The molecule has 6 heteroatoms. The summed E-state index contributed by atoms with van der Waals surface area (Å²) in [6, 6.07) is 5.29. The summed E-state index contributed by atoms with van der Waals surface area (Å²) >= 11 is 0. The Morgan fingerprint density at radius 2 is 2.10 bits per heavy atom. The first-order valence-electron chi connectivity index (χ1n) is 6.71. The number of carboxylic acid groups (broad SMARTS) is 1. The Balaban J connectivity index is 2.02. The number of amides is 1. The quantitative estimate of drug-likeness (QED) is 0.737. The Bertz CT molecular complexity index is 565. The summed E-state index contributed by atoms with van der Waals surface area (Å²) in [7, 11) is 1.49. The van der Waals surface area contributed by atoms with Gasteiger partial charge in [-0.15, -0.1) is 0 Å². The van der Waals surface area contributed by atoms with E-state index in [0.717, 1.165) is 12.8 Å². The number of hydrogen-bond donors (Lipinski definition) is 2. The van der Waals surface area contributed by atoms with Crippen LogP contribution in [0.1, 0.15) is 29.6 Å². The van der Waals surface area contributed by atoms with E-state index in [1.807, 2.05) is 0 Å². The molecule has 0 bridgehead atoms. The average Bonchev–Trinajstić information content (AvgIpc) is 3.31. The summed E-state index contributed by atoms with van der Waals surface area (Å²) < 4.78 is 5.02. The number of benzene rings is 1. The molecule has 6 nitrogen and oxygen atoms in total. The number of nitrogens with one attached hydrogen (secondary N) is 1. The highest BCUT2D eigenvalue weighted by Gasteiger charge is 2.33. The molecule has 0 radical (unpaired) electrons. The number of rotatable bonds is 7. The third kappa shape index (κ3) is 4.05. The van der Waals surface area contributed by atoms with Gasteiger partial charge in [-0.3, -0.25) is 9.59 Å². The van der Waals surface area contributed by atoms with Gasteiger partial charge in [-0.2, -0.15) is 0 Å². The van der Waals surface area contributed by atoms with E-state index < -0.39 is 12.0 Å². The number of ether oxygens (including phenoxy) is 1. The number of aliphatic carboxylic acids is 1. The number of carbonyl (C=O) groups is 3. The van der Waals surface area contributed by atoms with E-state index in [2.05, 4.69) is 5.32 Å². The van der Waals surface area contributed by atoms with E-state index in [9.17, 15) is 14.4 Å². The Labute approximate surface area is 122 Å². The molecular formula is C15H17NO5. The van der Waals surface area contributed by atoms with Gasteiger partial charge < -0.3 is 15.2 Å². The Kier molecular flexibility index (Phi) is 4.57. The van der Waals surface area contributed by atoms with Gasteiger partial charge in [0.15, 0.2) is 5.78 Å². The van der Waals surface area contributed by atoms with E-state index in [1.165, 1.54) is 7.11 Å². The molecule has 0 heterocycles. The molecule has 1 aromatic rings. The minimum atomic E-state index is -1.21. The molecule has 1 aliphatic rings. The molecule has 1 aromatic carbocycles. The van der Waals surface area contributed by atoms with Crippen LogP contribution < -0.4 is 10.1 Å². The molecule has 0 saturated heterocycles. The average molecular weight is 291 g/mol. The maximum Gasteiger partial charge on any atom is 0.326 e. The van der Waals surface area contributed by atoms with Crippen molar-refractivity contribution in [3.05, 3.63) is 29.8 Å². The Hall–Kier alpha value is -2.37. The third-order valence-electron chi connectivity index (χ3n) is 3.34. The van der Waals surface area contributed by atoms with Crippen LogP contribution in [-0.2, 0) is 9.59 Å². The summed E-state index contributed by atoms with van der Waals surface area (Å²) in [5.74, 6) is -1.42. The first kappa shape index (κ1) is 15.0. The van der Waals surface area contributed by atoms with E-state index >= 15 is 0 Å². The molecule has 1 amide bonds. The van der Waals surface area contributed by atoms with Crippen molar-refractivity contribution in [1.82, 2.24) is 5.32 Å². The monoisotopic (exact) mass is 291 g/mol. The van der Waals surface area contributed by atoms with Gasteiger partial charge in [-0.05, 0) is 25.0 Å². The maximum absolute atomic E-state index is 12.1. The fourth-order valence-corrected chi connectivity index (χ4v) is 1.93. The number of ketones is 1. The van der Waals surface area contributed by atoms with Gasteiger partial charge >= 0.3 is 5.97 Å². The van der Waals surface area contributed by atoms with Crippen LogP contribution in [0.5, 0.6) is 5.75 Å². The van der Waals surface area contributed by atoms with E-state index in [1.54, 1.807) is 24.3 Å². The first-order chi connectivity index (χ1) is 10.0. The molecule has 1 aliphatic carbocycles. The highest BCUT2D eigenvalue weighted by Crippen LogP contribution is 2.29. The van der Waals surface area contributed by atoms with E-state index in [4.69, 9.17) is 9.84 Å². The molecule has 2 rings (SSSR count). The molecule has 21 heavy (non-hydrogen) atoms. The van der Waals surface area contributed by atoms with Crippen molar-refractivity contribution >= 4 is 17.7 Å². The number of methoxy groups -OCH3 is 1. The second kappa shape index (κ2) is 6.39. The molecule has 1 unspecified atom stereocenters. The Morgan fingerprint density at radius 1 is 1.38 bits per heavy atom. The highest BCUT2D eigenvalue weighted by atomic mass is 16.5. The normalized spacial score (nSPS) is 15.1. The molecule has 1 fully saturated rings. The van der Waals surface area contributed by atoms with Gasteiger partial charge in [0, 0.05) is 17.9 Å². The van der Waals surface area contributed by atoms with Gasteiger partial charge in [-0.1, -0.05) is 12.1 Å². The van der Waals surface area contributed by atoms with Crippen LogP contribution in [-0.4, -0.2) is 35.9 Å². The minimum Gasteiger partial charge on any atom is -0.497 e. The first-order valence-corrected chi connectivity index (χ1v) is 6.71. The van der Waals surface area contributed by atoms with Gasteiger partial charge in [-0.25, -0.2) is 4.79 Å². The summed E-state index contributed by atoms with van der Waals surface area (Å²) in [4.78, 5) is 34.9. The summed E-state index contributed by atoms with van der Waals surface area (Å²) in [5, 5.41) is 11.5.